The lowest BCUT2D eigenvalue weighted by Gasteiger charge is -2.44. The molecule has 15 heteroatoms. The number of nitrogens with one attached hydrogen (secondary N) is 2. The van der Waals surface area contributed by atoms with Crippen LogP contribution >= 0.6 is 0 Å². The third-order valence-electron chi connectivity index (χ3n) is 7.76. The fourth-order valence-corrected chi connectivity index (χ4v) is 5.31. The summed E-state index contributed by atoms with van der Waals surface area (Å²) in [4.78, 5) is 40.3. The number of aromatic amines is 1. The number of benzene rings is 1. The second-order valence-electron chi connectivity index (χ2n) is 10.6. The Morgan fingerprint density at radius 3 is 2.37 bits per heavy atom. The van der Waals surface area contributed by atoms with E-state index in [1.54, 1.807) is 15.9 Å². The lowest BCUT2D eigenvalue weighted by molar-refractivity contribution is -0.138. The summed E-state index contributed by atoms with van der Waals surface area (Å²) in [6.45, 7) is 4.64. The Morgan fingerprint density at radius 2 is 1.74 bits per heavy atom. The number of hydrogen-bond donors (Lipinski definition) is 3. The van der Waals surface area contributed by atoms with E-state index in [1.165, 1.54) is 12.4 Å². The minimum Gasteiger partial charge on any atom is -0.505 e. The van der Waals surface area contributed by atoms with Crippen LogP contribution in [0, 0.1) is 11.6 Å². The number of piperazine rings is 1. The van der Waals surface area contributed by atoms with Crippen molar-refractivity contribution in [3.63, 3.8) is 0 Å². The Balaban J connectivity index is 1.57. The summed E-state index contributed by atoms with van der Waals surface area (Å²) in [7, 11) is 1.91. The molecule has 0 unspecified atom stereocenters. The third-order valence-corrected chi connectivity index (χ3v) is 7.76. The molecule has 2 aliphatic heterocycles. The molecule has 2 aromatic heterocycles. The molecule has 3 aromatic rings. The molecule has 4 heterocycles. The largest absolute Gasteiger partial charge is 0.505 e. The number of anilines is 3. The molecule has 0 bridgehead atoms. The number of nitrogens with zero attached hydrogens (tertiary/aromatic N) is 5. The van der Waals surface area contributed by atoms with E-state index in [-0.39, 0.29) is 54.2 Å². The highest BCUT2D eigenvalue weighted by molar-refractivity contribution is 6.07. The van der Waals surface area contributed by atoms with Gasteiger partial charge in [0.05, 0.1) is 34.8 Å². The molecular weight excluding hydrogens is 577 g/mol. The highest BCUT2D eigenvalue weighted by Gasteiger charge is 2.37. The van der Waals surface area contributed by atoms with Gasteiger partial charge in [0.15, 0.2) is 11.6 Å². The first-order chi connectivity index (χ1) is 20.2. The zero-order valence-electron chi connectivity index (χ0n) is 23.3. The Labute approximate surface area is 242 Å². The molecule has 1 fully saturated rings. The number of aromatic hydroxyl groups is 1. The lowest BCUT2D eigenvalue weighted by Crippen LogP contribution is -2.55. The van der Waals surface area contributed by atoms with Gasteiger partial charge >= 0.3 is 6.18 Å². The van der Waals surface area contributed by atoms with Crippen LogP contribution in [-0.4, -0.2) is 76.2 Å². The van der Waals surface area contributed by atoms with Gasteiger partial charge < -0.3 is 25.2 Å². The fraction of sp³-hybridized carbons (Fsp3) is 0.357. The van der Waals surface area contributed by atoms with Gasteiger partial charge in [0, 0.05) is 56.6 Å². The first-order valence-corrected chi connectivity index (χ1v) is 13.3. The molecule has 0 radical (unpaired) electrons. The van der Waals surface area contributed by atoms with Crippen LogP contribution in [0.5, 0.6) is 5.75 Å². The summed E-state index contributed by atoms with van der Waals surface area (Å²) in [5.41, 5.74) is -4.29. The third kappa shape index (κ3) is 5.89. The smallest absolute Gasteiger partial charge is 0.417 e. The van der Waals surface area contributed by atoms with Crippen LogP contribution in [-0.2, 0) is 6.18 Å². The molecule has 0 saturated carbocycles. The van der Waals surface area contributed by atoms with Gasteiger partial charge in [-0.15, -0.1) is 0 Å². The number of likely N-dealkylation sites (N-methyl/N-ethyl adjacent to an activating group) is 1. The maximum atomic E-state index is 16.4. The topological polar surface area (TPSA) is 118 Å². The standard InChI is InChI=1S/C28H28F5N7O3/c1-14-11-40(12-15(2)38(14)3)21-7-20(29)23(16-4-5-39(13-16)27-35-8-17(41)9-36-27)24(30)25(21)37-26(43)18-10-34-22(42)6-19(18)28(31,32)33/h4,6-10,14-15,41H,5,11-13H2,1-3H3,(H,34,42)(H,37,43)/t14-,15+. The fourth-order valence-electron chi connectivity index (χ4n) is 5.31. The molecule has 228 valence electrons. The average Bonchev–Trinajstić information content (AvgIpc) is 3.42. The van der Waals surface area contributed by atoms with E-state index in [4.69, 9.17) is 0 Å². The summed E-state index contributed by atoms with van der Waals surface area (Å²) < 4.78 is 73.4. The summed E-state index contributed by atoms with van der Waals surface area (Å²) in [6, 6.07) is 1.21. The van der Waals surface area contributed by atoms with E-state index in [0.29, 0.717) is 19.3 Å². The molecular formula is C28H28F5N7O3. The van der Waals surface area contributed by atoms with E-state index < -0.39 is 51.7 Å². The van der Waals surface area contributed by atoms with Gasteiger partial charge in [-0.2, -0.15) is 13.2 Å². The monoisotopic (exact) mass is 605 g/mol. The number of halogens is 5. The molecule has 5 rings (SSSR count). The zero-order chi connectivity index (χ0) is 31.2. The average molecular weight is 606 g/mol. The van der Waals surface area contributed by atoms with Crippen molar-refractivity contribution in [2.75, 3.05) is 48.3 Å². The van der Waals surface area contributed by atoms with E-state index in [1.807, 2.05) is 25.9 Å². The number of alkyl halides is 3. The van der Waals surface area contributed by atoms with Gasteiger partial charge in [-0.1, -0.05) is 6.08 Å². The number of pyridine rings is 1. The van der Waals surface area contributed by atoms with Crippen LogP contribution in [0.2, 0.25) is 0 Å². The minimum atomic E-state index is -5.05. The van der Waals surface area contributed by atoms with Crippen LogP contribution in [0.25, 0.3) is 5.57 Å². The molecule has 0 aliphatic carbocycles. The summed E-state index contributed by atoms with van der Waals surface area (Å²) in [5, 5.41) is 11.7. The second kappa shape index (κ2) is 11.3. The van der Waals surface area contributed by atoms with E-state index in [0.717, 1.165) is 6.07 Å². The van der Waals surface area contributed by atoms with Crippen LogP contribution in [0.3, 0.4) is 0 Å². The number of rotatable bonds is 5. The highest BCUT2D eigenvalue weighted by atomic mass is 19.4. The Morgan fingerprint density at radius 1 is 1.09 bits per heavy atom. The van der Waals surface area contributed by atoms with Gasteiger partial charge in [0.1, 0.15) is 11.5 Å². The first kappa shape index (κ1) is 29.9. The van der Waals surface area contributed by atoms with Gasteiger partial charge in [-0.3, -0.25) is 14.5 Å². The SMILES string of the molecule is C[C@@H]1CN(c2cc(F)c(C3=CCN(c4ncc(O)cn4)C3)c(F)c2NC(=O)c2c[nH]c(=O)cc2C(F)(F)F)C[C@H](C)N1C. The van der Waals surface area contributed by atoms with Crippen molar-refractivity contribution >= 4 is 28.8 Å². The summed E-state index contributed by atoms with van der Waals surface area (Å²) >= 11 is 0. The maximum absolute atomic E-state index is 16.4. The number of carbonyl (C=O) groups is 1. The van der Waals surface area contributed by atoms with Crippen LogP contribution < -0.4 is 20.7 Å². The molecule has 1 aromatic carbocycles. The highest BCUT2D eigenvalue weighted by Crippen LogP contribution is 2.40. The number of hydrogen-bond acceptors (Lipinski definition) is 8. The molecule has 3 N–H and O–H groups in total. The van der Waals surface area contributed by atoms with Crippen molar-refractivity contribution in [1.82, 2.24) is 19.9 Å². The zero-order valence-corrected chi connectivity index (χ0v) is 23.3. The van der Waals surface area contributed by atoms with Crippen molar-refractivity contribution < 1.29 is 31.9 Å². The van der Waals surface area contributed by atoms with Crippen molar-refractivity contribution in [3.05, 3.63) is 75.5 Å². The van der Waals surface area contributed by atoms with E-state index in [2.05, 4.69) is 20.2 Å². The van der Waals surface area contributed by atoms with E-state index >= 15 is 8.78 Å². The van der Waals surface area contributed by atoms with Crippen molar-refractivity contribution in [1.29, 1.82) is 0 Å². The predicted octanol–water partition coefficient (Wildman–Crippen LogP) is 3.85. The maximum Gasteiger partial charge on any atom is 0.417 e. The summed E-state index contributed by atoms with van der Waals surface area (Å²) in [5.74, 6) is -3.39. The molecule has 0 spiro atoms. The van der Waals surface area contributed by atoms with Crippen molar-refractivity contribution in [3.8, 4) is 5.75 Å². The molecule has 2 atom stereocenters. The van der Waals surface area contributed by atoms with Crippen molar-refractivity contribution in [2.24, 2.45) is 0 Å². The van der Waals surface area contributed by atoms with Gasteiger partial charge in [-0.25, -0.2) is 18.7 Å². The Bertz CT molecular complexity index is 1630. The molecule has 1 amide bonds. The number of carbonyl (C=O) groups excluding carboxylic acids is 1. The van der Waals surface area contributed by atoms with Gasteiger partial charge in [0.25, 0.3) is 5.91 Å². The first-order valence-electron chi connectivity index (χ1n) is 13.3. The van der Waals surface area contributed by atoms with Gasteiger partial charge in [0.2, 0.25) is 11.5 Å². The summed E-state index contributed by atoms with van der Waals surface area (Å²) in [6.07, 6.45) is -0.542. The Kier molecular flexibility index (Phi) is 7.86. The molecule has 1 saturated heterocycles. The van der Waals surface area contributed by atoms with Crippen molar-refractivity contribution in [2.45, 2.75) is 32.1 Å². The van der Waals surface area contributed by atoms with E-state index in [9.17, 15) is 27.9 Å². The Hall–Kier alpha value is -4.53. The molecule has 10 nitrogen and oxygen atoms in total. The number of amides is 1. The van der Waals surface area contributed by atoms with Gasteiger partial charge in [-0.05, 0) is 26.5 Å². The van der Waals surface area contributed by atoms with Crippen LogP contribution in [0.15, 0.2) is 41.6 Å². The molecule has 2 aliphatic rings. The quantitative estimate of drug-likeness (QED) is 0.376. The normalized spacial score (nSPS) is 19.5. The van der Waals surface area contributed by atoms with Crippen LogP contribution in [0.1, 0.15) is 35.3 Å². The number of H-pyrrole nitrogens is 1. The number of aromatic nitrogens is 3. The predicted molar refractivity (Wildman–Crippen MR) is 149 cm³/mol. The second-order valence-corrected chi connectivity index (χ2v) is 10.6. The lowest BCUT2D eigenvalue weighted by atomic mass is 10.0. The minimum absolute atomic E-state index is 0.0218. The molecule has 43 heavy (non-hydrogen) atoms. The van der Waals surface area contributed by atoms with Crippen LogP contribution in [0.4, 0.5) is 39.3 Å².